The number of fused-ring (bicyclic) bond motifs is 1. The number of ether oxygens (including phenoxy) is 2. The molecule has 1 aromatic heterocycles. The molecule has 1 N–H and O–H groups in total. The fourth-order valence-electron chi connectivity index (χ4n) is 4.60. The van der Waals surface area contributed by atoms with E-state index in [-0.39, 0.29) is 11.3 Å². The average molecular weight is 489 g/mol. The summed E-state index contributed by atoms with van der Waals surface area (Å²) in [5.74, 6) is -0.488. The van der Waals surface area contributed by atoms with Crippen molar-refractivity contribution in [1.29, 1.82) is 0 Å². The van der Waals surface area contributed by atoms with Crippen LogP contribution in [0.3, 0.4) is 0 Å². The van der Waals surface area contributed by atoms with Gasteiger partial charge in [0.25, 0.3) is 11.7 Å². The molecule has 9 nitrogen and oxygen atoms in total. The van der Waals surface area contributed by atoms with Crippen molar-refractivity contribution in [1.82, 2.24) is 14.5 Å². The highest BCUT2D eigenvalue weighted by Gasteiger charge is 2.45. The minimum atomic E-state index is -0.711. The number of Topliss-reactive ketones (excluding diaryl/α,β-unsaturated/α-hetero) is 1. The topological polar surface area (TPSA) is 97.1 Å². The fraction of sp³-hybridized carbons (Fsp3) is 0.296. The van der Waals surface area contributed by atoms with Gasteiger partial charge >= 0.3 is 0 Å². The van der Waals surface area contributed by atoms with Gasteiger partial charge in [0.15, 0.2) is 11.5 Å². The summed E-state index contributed by atoms with van der Waals surface area (Å²) < 4.78 is 13.1. The van der Waals surface area contributed by atoms with E-state index in [0.717, 1.165) is 11.3 Å². The maximum absolute atomic E-state index is 13.3. The molecule has 2 aromatic carbocycles. The first kappa shape index (κ1) is 23.5. The van der Waals surface area contributed by atoms with Crippen LogP contribution in [0.15, 0.2) is 66.8 Å². The lowest BCUT2D eigenvalue weighted by molar-refractivity contribution is -0.139. The number of benzene rings is 2. The molecule has 5 rings (SSSR count). The van der Waals surface area contributed by atoms with Gasteiger partial charge in [-0.25, -0.2) is 4.98 Å². The number of carbonyl (C=O) groups excluding carboxylic acids is 2. The van der Waals surface area contributed by atoms with E-state index >= 15 is 0 Å². The molecule has 0 saturated carbocycles. The van der Waals surface area contributed by atoms with Gasteiger partial charge in [0.05, 0.1) is 17.9 Å². The van der Waals surface area contributed by atoms with Crippen molar-refractivity contribution in [2.75, 3.05) is 38.8 Å². The van der Waals surface area contributed by atoms with Crippen LogP contribution in [0.1, 0.15) is 23.6 Å². The van der Waals surface area contributed by atoms with Gasteiger partial charge in [0, 0.05) is 50.8 Å². The molecule has 186 valence electrons. The summed E-state index contributed by atoms with van der Waals surface area (Å²) in [6.07, 6.45) is 5.90. The predicted molar refractivity (Wildman–Crippen MR) is 134 cm³/mol. The van der Waals surface area contributed by atoms with Gasteiger partial charge in [0.2, 0.25) is 0 Å². The lowest BCUT2D eigenvalue weighted by Crippen LogP contribution is -2.31. The molecule has 0 spiro atoms. The summed E-state index contributed by atoms with van der Waals surface area (Å²) >= 11 is 0. The number of anilines is 1. The van der Waals surface area contributed by atoms with Crippen molar-refractivity contribution < 1.29 is 24.2 Å². The van der Waals surface area contributed by atoms with E-state index in [1.165, 1.54) is 0 Å². The lowest BCUT2D eigenvalue weighted by Gasteiger charge is -2.26. The minimum Gasteiger partial charge on any atom is -0.507 e. The van der Waals surface area contributed by atoms with Crippen molar-refractivity contribution in [3.63, 3.8) is 0 Å². The molecule has 1 fully saturated rings. The number of ketones is 1. The first-order valence-electron chi connectivity index (χ1n) is 11.9. The SMILES string of the molecule is CN(C)c1ccc(C2/C(=C(/O)c3ccc4c(c3)OCCO4)C(=O)C(=O)N2CCCn2ccnc2)cc1. The smallest absolute Gasteiger partial charge is 0.295 e. The van der Waals surface area contributed by atoms with E-state index in [9.17, 15) is 14.7 Å². The maximum atomic E-state index is 13.3. The highest BCUT2D eigenvalue weighted by molar-refractivity contribution is 6.46. The highest BCUT2D eigenvalue weighted by atomic mass is 16.6. The van der Waals surface area contributed by atoms with Crippen molar-refractivity contribution >= 4 is 23.1 Å². The molecule has 1 amide bonds. The standard InChI is InChI=1S/C27H28N4O5/c1-29(2)20-7-4-18(5-8-20)24-23(25(32)19-6-9-21-22(16-19)36-15-14-35-21)26(33)27(34)31(24)12-3-11-30-13-10-28-17-30/h4-10,13,16-17,24,32H,3,11-12,14-15H2,1-2H3/b25-23-. The second-order valence-electron chi connectivity index (χ2n) is 8.99. The normalized spacial score (nSPS) is 18.5. The summed E-state index contributed by atoms with van der Waals surface area (Å²) in [5.41, 5.74) is 2.20. The third kappa shape index (κ3) is 4.39. The van der Waals surface area contributed by atoms with Crippen molar-refractivity contribution in [2.24, 2.45) is 0 Å². The predicted octanol–water partition coefficient (Wildman–Crippen LogP) is 3.23. The number of aryl methyl sites for hydroxylation is 1. The Morgan fingerprint density at radius 1 is 1.06 bits per heavy atom. The molecule has 0 radical (unpaired) electrons. The van der Waals surface area contributed by atoms with Gasteiger partial charge < -0.3 is 28.9 Å². The van der Waals surface area contributed by atoms with Crippen molar-refractivity contribution in [2.45, 2.75) is 19.0 Å². The molecule has 0 bridgehead atoms. The number of hydrogen-bond acceptors (Lipinski definition) is 7. The highest BCUT2D eigenvalue weighted by Crippen LogP contribution is 2.41. The van der Waals surface area contributed by atoms with Crippen LogP contribution in [-0.2, 0) is 16.1 Å². The Morgan fingerprint density at radius 2 is 1.81 bits per heavy atom. The average Bonchev–Trinajstić information content (AvgIpc) is 3.50. The van der Waals surface area contributed by atoms with E-state index in [0.29, 0.717) is 49.8 Å². The molecule has 3 heterocycles. The third-order valence-electron chi connectivity index (χ3n) is 6.46. The number of likely N-dealkylation sites (tertiary alicyclic amines) is 1. The van der Waals surface area contributed by atoms with Crippen LogP contribution in [0, 0.1) is 0 Å². The molecule has 0 aliphatic carbocycles. The van der Waals surface area contributed by atoms with E-state index in [4.69, 9.17) is 9.47 Å². The first-order chi connectivity index (χ1) is 17.4. The minimum absolute atomic E-state index is 0.0666. The van der Waals surface area contributed by atoms with E-state index < -0.39 is 17.7 Å². The number of imidazole rings is 1. The molecule has 3 aromatic rings. The van der Waals surface area contributed by atoms with Crippen LogP contribution in [0.4, 0.5) is 5.69 Å². The Kier molecular flexibility index (Phi) is 6.37. The Morgan fingerprint density at radius 3 is 2.50 bits per heavy atom. The summed E-state index contributed by atoms with van der Waals surface area (Å²) in [5, 5.41) is 11.3. The van der Waals surface area contributed by atoms with E-state index in [1.807, 2.05) is 54.0 Å². The second-order valence-corrected chi connectivity index (χ2v) is 8.99. The molecular weight excluding hydrogens is 460 g/mol. The van der Waals surface area contributed by atoms with Gasteiger partial charge in [0.1, 0.15) is 19.0 Å². The van der Waals surface area contributed by atoms with Gasteiger partial charge in [-0.15, -0.1) is 0 Å². The van der Waals surface area contributed by atoms with Crippen molar-refractivity contribution in [3.05, 3.63) is 77.9 Å². The molecule has 36 heavy (non-hydrogen) atoms. The fourth-order valence-corrected chi connectivity index (χ4v) is 4.60. The number of aliphatic hydroxyl groups is 1. The largest absolute Gasteiger partial charge is 0.507 e. The molecule has 2 aliphatic rings. The molecule has 9 heteroatoms. The second kappa shape index (κ2) is 9.77. The van der Waals surface area contributed by atoms with Crippen LogP contribution in [0.25, 0.3) is 5.76 Å². The van der Waals surface area contributed by atoms with Crippen molar-refractivity contribution in [3.8, 4) is 11.5 Å². The number of aromatic nitrogens is 2. The van der Waals surface area contributed by atoms with Crippen LogP contribution < -0.4 is 14.4 Å². The summed E-state index contributed by atoms with van der Waals surface area (Å²) in [7, 11) is 3.89. The number of carbonyl (C=O) groups is 2. The number of hydrogen-bond donors (Lipinski definition) is 1. The summed E-state index contributed by atoms with van der Waals surface area (Å²) in [6, 6.07) is 12.0. The first-order valence-corrected chi connectivity index (χ1v) is 11.9. The van der Waals surface area contributed by atoms with E-state index in [2.05, 4.69) is 4.98 Å². The zero-order chi connectivity index (χ0) is 25.2. The summed E-state index contributed by atoms with van der Waals surface area (Å²) in [6.45, 7) is 1.85. The molecular formula is C27H28N4O5. The Balaban J connectivity index is 1.53. The Hall–Kier alpha value is -4.27. The van der Waals surface area contributed by atoms with Crippen LogP contribution >= 0.6 is 0 Å². The van der Waals surface area contributed by atoms with E-state index in [1.54, 1.807) is 35.6 Å². The van der Waals surface area contributed by atoms with Crippen LogP contribution in [0.5, 0.6) is 11.5 Å². The molecule has 1 atom stereocenters. The molecule has 2 aliphatic heterocycles. The van der Waals surface area contributed by atoms with Gasteiger partial charge in [-0.3, -0.25) is 9.59 Å². The Bertz CT molecular complexity index is 1300. The number of amides is 1. The molecule has 1 saturated heterocycles. The number of rotatable bonds is 7. The third-order valence-corrected chi connectivity index (χ3v) is 6.46. The maximum Gasteiger partial charge on any atom is 0.295 e. The summed E-state index contributed by atoms with van der Waals surface area (Å²) in [4.78, 5) is 34.0. The van der Waals surface area contributed by atoms with Crippen LogP contribution in [0.2, 0.25) is 0 Å². The van der Waals surface area contributed by atoms with Gasteiger partial charge in [-0.2, -0.15) is 0 Å². The number of nitrogens with zero attached hydrogens (tertiary/aromatic N) is 4. The van der Waals surface area contributed by atoms with Gasteiger partial charge in [-0.1, -0.05) is 12.1 Å². The Labute approximate surface area is 209 Å². The lowest BCUT2D eigenvalue weighted by atomic mass is 9.95. The zero-order valence-electron chi connectivity index (χ0n) is 20.3. The zero-order valence-corrected chi connectivity index (χ0v) is 20.3. The number of aliphatic hydroxyl groups excluding tert-OH is 1. The molecule has 1 unspecified atom stereocenters. The monoisotopic (exact) mass is 488 g/mol. The quantitative estimate of drug-likeness (QED) is 0.310. The van der Waals surface area contributed by atoms with Gasteiger partial charge in [-0.05, 0) is 42.3 Å². The van der Waals surface area contributed by atoms with Crippen LogP contribution in [-0.4, -0.2) is 65.1 Å².